The summed E-state index contributed by atoms with van der Waals surface area (Å²) in [6.45, 7) is 5.48. The molecule has 7 heteroatoms. The van der Waals surface area contributed by atoms with Crippen LogP contribution in [-0.4, -0.2) is 30.7 Å². The monoisotopic (exact) mass is 376 g/mol. The van der Waals surface area contributed by atoms with Crippen molar-refractivity contribution in [1.29, 1.82) is 0 Å². The van der Waals surface area contributed by atoms with E-state index in [1.165, 1.54) is 0 Å². The molecule has 2 aromatic rings. The van der Waals surface area contributed by atoms with Gasteiger partial charge in [0.25, 0.3) is 10.1 Å². The number of hydrogen-bond acceptors (Lipinski definition) is 4. The third kappa shape index (κ3) is 7.18. The van der Waals surface area contributed by atoms with Crippen LogP contribution < -0.4 is 11.5 Å². The van der Waals surface area contributed by atoms with Crippen molar-refractivity contribution in [2.45, 2.75) is 18.9 Å². The highest BCUT2D eigenvalue weighted by molar-refractivity contribution is 7.85. The summed E-state index contributed by atoms with van der Waals surface area (Å²) >= 11 is 0. The summed E-state index contributed by atoms with van der Waals surface area (Å²) in [5.41, 5.74) is 14.5. The van der Waals surface area contributed by atoms with E-state index in [0.717, 1.165) is 22.3 Å². The SMILES string of the molecule is C=Cc1ccccc1-c1ccc(CC(C)(N)C(N)=O)cc1.CS(=O)(=O)O. The Morgan fingerprint density at radius 1 is 1.19 bits per heavy atom. The number of carbonyl (C=O) groups excluding carboxylic acids is 1. The van der Waals surface area contributed by atoms with E-state index < -0.39 is 21.6 Å². The zero-order valence-electron chi connectivity index (χ0n) is 14.8. The van der Waals surface area contributed by atoms with E-state index in [1.54, 1.807) is 6.92 Å². The number of carbonyl (C=O) groups is 1. The summed E-state index contributed by atoms with van der Waals surface area (Å²) in [7, 11) is -3.67. The Morgan fingerprint density at radius 3 is 2.15 bits per heavy atom. The number of nitrogens with two attached hydrogens (primary N) is 2. The molecule has 26 heavy (non-hydrogen) atoms. The molecule has 0 aromatic heterocycles. The molecule has 0 radical (unpaired) electrons. The summed E-state index contributed by atoms with van der Waals surface area (Å²) in [4.78, 5) is 11.3. The molecule has 1 amide bonds. The van der Waals surface area contributed by atoms with E-state index >= 15 is 0 Å². The molecular weight excluding hydrogens is 352 g/mol. The minimum atomic E-state index is -3.67. The maximum atomic E-state index is 11.3. The van der Waals surface area contributed by atoms with Gasteiger partial charge in [0.15, 0.2) is 0 Å². The maximum absolute atomic E-state index is 11.3. The van der Waals surface area contributed by atoms with Crippen LogP contribution in [0.3, 0.4) is 0 Å². The number of benzene rings is 2. The Labute approximate surface area is 154 Å². The molecule has 0 fully saturated rings. The topological polar surface area (TPSA) is 123 Å². The first-order valence-electron chi connectivity index (χ1n) is 7.76. The van der Waals surface area contributed by atoms with E-state index in [-0.39, 0.29) is 0 Å². The lowest BCUT2D eigenvalue weighted by molar-refractivity contribution is -0.122. The van der Waals surface area contributed by atoms with Gasteiger partial charge in [0.1, 0.15) is 0 Å². The van der Waals surface area contributed by atoms with E-state index in [4.69, 9.17) is 16.0 Å². The lowest BCUT2D eigenvalue weighted by Gasteiger charge is -2.20. The highest BCUT2D eigenvalue weighted by atomic mass is 32.2. The Hall–Kier alpha value is -2.48. The molecule has 5 N–H and O–H groups in total. The van der Waals surface area contributed by atoms with Crippen LogP contribution in [0.2, 0.25) is 0 Å². The number of hydrogen-bond donors (Lipinski definition) is 3. The van der Waals surface area contributed by atoms with Crippen molar-refractivity contribution in [3.05, 3.63) is 66.2 Å². The molecule has 0 heterocycles. The predicted octanol–water partition coefficient (Wildman–Crippen LogP) is 2.25. The molecule has 0 spiro atoms. The van der Waals surface area contributed by atoms with Gasteiger partial charge in [-0.3, -0.25) is 9.35 Å². The molecular formula is C19H24N2O4S. The minimum Gasteiger partial charge on any atom is -0.368 e. The van der Waals surface area contributed by atoms with E-state index in [2.05, 4.69) is 12.6 Å². The standard InChI is InChI=1S/C18H20N2O.CH4O3S/c1-3-14-6-4-5-7-16(14)15-10-8-13(9-11-15)12-18(2,20)17(19)21;1-5(2,3)4/h3-11H,1,12,20H2,2H3,(H2,19,21);1H3,(H,2,3,4). The second kappa shape index (κ2) is 8.75. The fraction of sp³-hybridized carbons (Fsp3) is 0.211. The smallest absolute Gasteiger partial charge is 0.261 e. The van der Waals surface area contributed by atoms with Gasteiger partial charge in [-0.05, 0) is 35.6 Å². The van der Waals surface area contributed by atoms with Gasteiger partial charge in [0.2, 0.25) is 5.91 Å². The van der Waals surface area contributed by atoms with Crippen LogP contribution >= 0.6 is 0 Å². The second-order valence-electron chi connectivity index (χ2n) is 6.18. The van der Waals surface area contributed by atoms with E-state index in [1.807, 2.05) is 48.5 Å². The summed E-state index contributed by atoms with van der Waals surface area (Å²) < 4.78 is 25.9. The molecule has 0 aliphatic rings. The summed E-state index contributed by atoms with van der Waals surface area (Å²) in [6, 6.07) is 16.1. The zero-order valence-corrected chi connectivity index (χ0v) is 15.7. The van der Waals surface area contributed by atoms with Crippen molar-refractivity contribution in [1.82, 2.24) is 0 Å². The van der Waals surface area contributed by atoms with Crippen molar-refractivity contribution in [3.63, 3.8) is 0 Å². The molecule has 2 aromatic carbocycles. The molecule has 0 saturated heterocycles. The van der Waals surface area contributed by atoms with Gasteiger partial charge < -0.3 is 11.5 Å². The van der Waals surface area contributed by atoms with Crippen molar-refractivity contribution < 1.29 is 17.8 Å². The highest BCUT2D eigenvalue weighted by Crippen LogP contribution is 2.25. The average molecular weight is 376 g/mol. The van der Waals surface area contributed by atoms with Gasteiger partial charge in [0, 0.05) is 0 Å². The van der Waals surface area contributed by atoms with Crippen LogP contribution in [0.15, 0.2) is 55.1 Å². The lowest BCUT2D eigenvalue weighted by atomic mass is 9.91. The Balaban J connectivity index is 0.000000597. The third-order valence-corrected chi connectivity index (χ3v) is 3.58. The summed E-state index contributed by atoms with van der Waals surface area (Å²) in [5, 5.41) is 0. The summed E-state index contributed by atoms with van der Waals surface area (Å²) in [5.74, 6) is -0.497. The van der Waals surface area contributed by atoms with Crippen molar-refractivity contribution in [2.75, 3.05) is 6.26 Å². The molecule has 1 unspecified atom stereocenters. The Morgan fingerprint density at radius 2 is 1.69 bits per heavy atom. The second-order valence-corrected chi connectivity index (χ2v) is 7.65. The zero-order chi connectivity index (χ0) is 20.0. The molecule has 1 atom stereocenters. The predicted molar refractivity (Wildman–Crippen MR) is 105 cm³/mol. The molecule has 2 rings (SSSR count). The fourth-order valence-electron chi connectivity index (χ4n) is 2.25. The van der Waals surface area contributed by atoms with Crippen LogP contribution in [0.1, 0.15) is 18.1 Å². The molecule has 0 saturated carbocycles. The number of primary amides is 1. The van der Waals surface area contributed by atoms with Gasteiger partial charge in [-0.2, -0.15) is 8.42 Å². The maximum Gasteiger partial charge on any atom is 0.261 e. The van der Waals surface area contributed by atoms with Crippen molar-refractivity contribution in [3.8, 4) is 11.1 Å². The largest absolute Gasteiger partial charge is 0.368 e. The van der Waals surface area contributed by atoms with Gasteiger partial charge in [-0.25, -0.2) is 0 Å². The van der Waals surface area contributed by atoms with Crippen LogP contribution in [0.25, 0.3) is 17.2 Å². The van der Waals surface area contributed by atoms with Gasteiger partial charge >= 0.3 is 0 Å². The Kier molecular flexibility index (Phi) is 7.26. The minimum absolute atomic E-state index is 0.422. The van der Waals surface area contributed by atoms with E-state index in [0.29, 0.717) is 12.7 Å². The van der Waals surface area contributed by atoms with E-state index in [9.17, 15) is 13.2 Å². The summed E-state index contributed by atoms with van der Waals surface area (Å²) in [6.07, 6.45) is 2.98. The highest BCUT2D eigenvalue weighted by Gasteiger charge is 2.25. The average Bonchev–Trinajstić information content (AvgIpc) is 2.53. The first-order valence-corrected chi connectivity index (χ1v) is 9.61. The van der Waals surface area contributed by atoms with Gasteiger partial charge in [0.05, 0.1) is 11.8 Å². The molecule has 0 bridgehead atoms. The molecule has 6 nitrogen and oxygen atoms in total. The van der Waals surface area contributed by atoms with Crippen LogP contribution in [0.4, 0.5) is 0 Å². The third-order valence-electron chi connectivity index (χ3n) is 3.58. The fourth-order valence-corrected chi connectivity index (χ4v) is 2.25. The number of rotatable bonds is 5. The molecule has 140 valence electrons. The van der Waals surface area contributed by atoms with Crippen molar-refractivity contribution in [2.24, 2.45) is 11.5 Å². The number of amides is 1. The van der Waals surface area contributed by atoms with Gasteiger partial charge in [-0.1, -0.05) is 61.2 Å². The quantitative estimate of drug-likeness (QED) is 0.691. The Bertz CT molecular complexity index is 865. The van der Waals surface area contributed by atoms with Crippen LogP contribution in [-0.2, 0) is 21.3 Å². The molecule has 0 aliphatic carbocycles. The normalized spacial score (nSPS) is 13.1. The lowest BCUT2D eigenvalue weighted by Crippen LogP contribution is -2.51. The van der Waals surface area contributed by atoms with Gasteiger partial charge in [-0.15, -0.1) is 0 Å². The first kappa shape index (κ1) is 21.6. The first-order chi connectivity index (χ1) is 11.9. The van der Waals surface area contributed by atoms with Crippen LogP contribution in [0, 0.1) is 0 Å². The van der Waals surface area contributed by atoms with Crippen LogP contribution in [0.5, 0.6) is 0 Å². The molecule has 0 aliphatic heterocycles. The van der Waals surface area contributed by atoms with Crippen molar-refractivity contribution >= 4 is 22.1 Å².